The molecule has 0 aliphatic heterocycles. The first-order valence-corrected chi connectivity index (χ1v) is 7.71. The largest absolute Gasteiger partial charge is 0.399 e. The van der Waals surface area contributed by atoms with Crippen LogP contribution in [-0.2, 0) is 10.0 Å². The highest BCUT2D eigenvalue weighted by Crippen LogP contribution is 2.26. The Balaban J connectivity index is 2.47. The number of nitrogens with one attached hydrogen (secondary N) is 1. The smallest absolute Gasteiger partial charge is 0.264 e. The molecule has 0 bridgehead atoms. The van der Waals surface area contributed by atoms with Crippen LogP contribution in [-0.4, -0.2) is 8.42 Å². The van der Waals surface area contributed by atoms with Crippen LogP contribution < -0.4 is 10.5 Å². The van der Waals surface area contributed by atoms with E-state index in [-0.39, 0.29) is 10.2 Å². The number of benzene rings is 2. The van der Waals surface area contributed by atoms with E-state index in [1.807, 2.05) is 0 Å². The Kier molecular flexibility index (Phi) is 4.15. The second-order valence-electron chi connectivity index (χ2n) is 4.04. The number of nitrogens with two attached hydrogens (primary N) is 1. The van der Waals surface area contributed by atoms with Crippen molar-refractivity contribution in [2.24, 2.45) is 0 Å². The Morgan fingerprint density at radius 3 is 2.33 bits per heavy atom. The van der Waals surface area contributed by atoms with Crippen molar-refractivity contribution in [3.8, 4) is 0 Å². The summed E-state index contributed by atoms with van der Waals surface area (Å²) in [5.74, 6) is -2.95. The zero-order valence-electron chi connectivity index (χ0n) is 10.2. The van der Waals surface area contributed by atoms with E-state index in [9.17, 15) is 21.6 Å². The standard InChI is InChI=1S/C12H8BrF3N2O2S/c13-7-4-10(16)11(5-9(7)15)18-21(19,20)12-3-6(17)1-2-8(12)14/h1-5,18H,17H2. The molecule has 3 N–H and O–H groups in total. The lowest BCUT2D eigenvalue weighted by atomic mass is 10.3. The molecule has 0 aromatic heterocycles. The molecule has 0 unspecified atom stereocenters. The van der Waals surface area contributed by atoms with Crippen LogP contribution in [0.15, 0.2) is 39.7 Å². The van der Waals surface area contributed by atoms with Gasteiger partial charge >= 0.3 is 0 Å². The molecule has 0 amide bonds. The summed E-state index contributed by atoms with van der Waals surface area (Å²) >= 11 is 2.76. The summed E-state index contributed by atoms with van der Waals surface area (Å²) in [7, 11) is -4.45. The van der Waals surface area contributed by atoms with Crippen LogP contribution in [0, 0.1) is 17.5 Å². The third kappa shape index (κ3) is 3.30. The molecule has 9 heteroatoms. The molecule has 4 nitrogen and oxygen atoms in total. The number of hydrogen-bond acceptors (Lipinski definition) is 3. The van der Waals surface area contributed by atoms with Crippen molar-refractivity contribution in [1.29, 1.82) is 0 Å². The Morgan fingerprint density at radius 2 is 1.67 bits per heavy atom. The summed E-state index contributed by atoms with van der Waals surface area (Å²) in [6.07, 6.45) is 0. The van der Waals surface area contributed by atoms with E-state index in [2.05, 4.69) is 15.9 Å². The van der Waals surface area contributed by atoms with Crippen LogP contribution in [0.5, 0.6) is 0 Å². The van der Waals surface area contributed by atoms with Gasteiger partial charge in [0.05, 0.1) is 10.2 Å². The van der Waals surface area contributed by atoms with Crippen LogP contribution >= 0.6 is 15.9 Å². The van der Waals surface area contributed by atoms with Gasteiger partial charge in [-0.15, -0.1) is 0 Å². The van der Waals surface area contributed by atoms with Gasteiger partial charge in [0.1, 0.15) is 22.3 Å². The quantitative estimate of drug-likeness (QED) is 0.634. The minimum atomic E-state index is -4.45. The number of rotatable bonds is 3. The fourth-order valence-electron chi connectivity index (χ4n) is 1.53. The fourth-order valence-corrected chi connectivity index (χ4v) is 3.01. The van der Waals surface area contributed by atoms with Gasteiger partial charge in [0.2, 0.25) is 0 Å². The van der Waals surface area contributed by atoms with Gasteiger partial charge < -0.3 is 5.73 Å². The van der Waals surface area contributed by atoms with E-state index in [1.54, 1.807) is 4.72 Å². The summed E-state index contributed by atoms with van der Waals surface area (Å²) in [4.78, 5) is -0.759. The third-order valence-electron chi connectivity index (χ3n) is 2.50. The van der Waals surface area contributed by atoms with Gasteiger partial charge in [0.15, 0.2) is 0 Å². The molecule has 0 saturated heterocycles. The maximum absolute atomic E-state index is 13.6. The molecule has 0 aliphatic rings. The minimum Gasteiger partial charge on any atom is -0.399 e. The van der Waals surface area contributed by atoms with Crippen LogP contribution in [0.3, 0.4) is 0 Å². The molecule has 21 heavy (non-hydrogen) atoms. The van der Waals surface area contributed by atoms with Crippen molar-refractivity contribution in [3.63, 3.8) is 0 Å². The molecule has 0 atom stereocenters. The topological polar surface area (TPSA) is 72.2 Å². The first-order chi connectivity index (χ1) is 9.70. The zero-order valence-corrected chi connectivity index (χ0v) is 12.6. The van der Waals surface area contributed by atoms with E-state index in [4.69, 9.17) is 5.73 Å². The normalized spacial score (nSPS) is 11.4. The van der Waals surface area contributed by atoms with E-state index >= 15 is 0 Å². The minimum absolute atomic E-state index is 0.0132. The average molecular weight is 381 g/mol. The first-order valence-electron chi connectivity index (χ1n) is 5.43. The summed E-state index contributed by atoms with van der Waals surface area (Å²) < 4.78 is 66.2. The highest BCUT2D eigenvalue weighted by Gasteiger charge is 2.21. The number of anilines is 2. The molecule has 0 radical (unpaired) electrons. The van der Waals surface area contributed by atoms with Gasteiger partial charge in [-0.1, -0.05) is 0 Å². The molecule has 0 spiro atoms. The lowest BCUT2D eigenvalue weighted by Crippen LogP contribution is -2.16. The Morgan fingerprint density at radius 1 is 1.00 bits per heavy atom. The molecule has 2 rings (SSSR count). The Bertz CT molecular complexity index is 812. The van der Waals surface area contributed by atoms with Crippen LogP contribution in [0.25, 0.3) is 0 Å². The van der Waals surface area contributed by atoms with Crippen molar-refractivity contribution in [1.82, 2.24) is 0 Å². The number of halogens is 4. The Hall–Kier alpha value is -1.74. The predicted octanol–water partition coefficient (Wildman–Crippen LogP) is 3.25. The first kappa shape index (κ1) is 15.6. The molecule has 0 fully saturated rings. The molecule has 2 aromatic carbocycles. The molecule has 2 aromatic rings. The van der Waals surface area contributed by atoms with Gasteiger partial charge in [0, 0.05) is 11.8 Å². The number of hydrogen-bond donors (Lipinski definition) is 2. The SMILES string of the molecule is Nc1ccc(F)c(S(=O)(=O)Nc2cc(F)c(Br)cc2F)c1. The van der Waals surface area contributed by atoms with Gasteiger partial charge in [-0.05, 0) is 40.2 Å². The Labute approximate surface area is 127 Å². The number of nitrogen functional groups attached to an aromatic ring is 1. The van der Waals surface area contributed by atoms with E-state index in [0.717, 1.165) is 18.2 Å². The maximum Gasteiger partial charge on any atom is 0.264 e. The molecular formula is C12H8BrF3N2O2S. The van der Waals surface area contributed by atoms with E-state index in [0.29, 0.717) is 6.07 Å². The maximum atomic E-state index is 13.6. The predicted molar refractivity (Wildman–Crippen MR) is 75.7 cm³/mol. The van der Waals surface area contributed by atoms with Crippen molar-refractivity contribution >= 4 is 37.3 Å². The summed E-state index contributed by atoms with van der Waals surface area (Å²) in [6.45, 7) is 0. The van der Waals surface area contributed by atoms with E-state index in [1.165, 1.54) is 6.07 Å². The van der Waals surface area contributed by atoms with Crippen molar-refractivity contribution in [3.05, 3.63) is 52.3 Å². The zero-order chi connectivity index (χ0) is 15.8. The van der Waals surface area contributed by atoms with Crippen molar-refractivity contribution < 1.29 is 21.6 Å². The fraction of sp³-hybridized carbons (Fsp3) is 0. The molecule has 0 heterocycles. The molecule has 0 saturated carbocycles. The average Bonchev–Trinajstić information content (AvgIpc) is 2.38. The monoisotopic (exact) mass is 380 g/mol. The van der Waals surface area contributed by atoms with Crippen LogP contribution in [0.2, 0.25) is 0 Å². The van der Waals surface area contributed by atoms with Gasteiger partial charge in [0.25, 0.3) is 10.0 Å². The lowest BCUT2D eigenvalue weighted by Gasteiger charge is -2.11. The molecule has 0 aliphatic carbocycles. The van der Waals surface area contributed by atoms with Crippen LogP contribution in [0.4, 0.5) is 24.5 Å². The third-order valence-corrected chi connectivity index (χ3v) is 4.49. The van der Waals surface area contributed by atoms with Gasteiger partial charge in [-0.3, -0.25) is 4.72 Å². The summed E-state index contributed by atoms with van der Waals surface area (Å²) in [5.41, 5.74) is 4.76. The molecule has 112 valence electrons. The summed E-state index contributed by atoms with van der Waals surface area (Å²) in [6, 6.07) is 4.31. The lowest BCUT2D eigenvalue weighted by molar-refractivity contribution is 0.569. The highest BCUT2D eigenvalue weighted by atomic mass is 79.9. The highest BCUT2D eigenvalue weighted by molar-refractivity contribution is 9.10. The van der Waals surface area contributed by atoms with Crippen molar-refractivity contribution in [2.45, 2.75) is 4.90 Å². The second-order valence-corrected chi connectivity index (χ2v) is 6.55. The summed E-state index contributed by atoms with van der Waals surface area (Å²) in [5, 5.41) is 0. The van der Waals surface area contributed by atoms with Crippen molar-refractivity contribution in [2.75, 3.05) is 10.5 Å². The van der Waals surface area contributed by atoms with Crippen LogP contribution in [0.1, 0.15) is 0 Å². The number of sulfonamides is 1. The second kappa shape index (κ2) is 5.57. The van der Waals surface area contributed by atoms with Gasteiger partial charge in [-0.25, -0.2) is 21.6 Å². The molecular weight excluding hydrogens is 373 g/mol. The van der Waals surface area contributed by atoms with E-state index < -0.39 is 38.1 Å². The van der Waals surface area contributed by atoms with Gasteiger partial charge in [-0.2, -0.15) is 0 Å².